The fourth-order valence-corrected chi connectivity index (χ4v) is 1.88. The SMILES string of the molecule is [2H]C([2H])(CC#N)CCCCCCCCCCCC. The molecule has 0 fully saturated rings. The van der Waals surface area contributed by atoms with E-state index in [1.807, 2.05) is 6.07 Å². The van der Waals surface area contributed by atoms with Crippen molar-refractivity contribution in [2.24, 2.45) is 0 Å². The van der Waals surface area contributed by atoms with Gasteiger partial charge in [0.15, 0.2) is 0 Å². The summed E-state index contributed by atoms with van der Waals surface area (Å²) < 4.78 is 15.2. The van der Waals surface area contributed by atoms with E-state index in [0.717, 1.165) is 12.8 Å². The molecule has 0 rings (SSSR count). The summed E-state index contributed by atoms with van der Waals surface area (Å²) in [6.07, 6.45) is 12.0. The van der Waals surface area contributed by atoms with E-state index in [4.69, 9.17) is 8.00 Å². The molecule has 0 saturated carbocycles. The van der Waals surface area contributed by atoms with E-state index < -0.39 is 6.37 Å². The number of unbranched alkanes of at least 4 members (excludes halogenated alkanes) is 9. The van der Waals surface area contributed by atoms with Gasteiger partial charge >= 0.3 is 0 Å². The summed E-state index contributed by atoms with van der Waals surface area (Å²) >= 11 is 0. The van der Waals surface area contributed by atoms with Crippen molar-refractivity contribution in [3.8, 4) is 6.07 Å². The Labute approximate surface area is 105 Å². The highest BCUT2D eigenvalue weighted by molar-refractivity contribution is 4.67. The minimum atomic E-state index is -1.27. The maximum Gasteiger partial charge on any atom is 0.0621 e. The van der Waals surface area contributed by atoms with Gasteiger partial charge in [0.1, 0.15) is 0 Å². The molecule has 0 heterocycles. The summed E-state index contributed by atoms with van der Waals surface area (Å²) in [4.78, 5) is 0. The molecule has 16 heavy (non-hydrogen) atoms. The molecular weight excluding hydrogens is 194 g/mol. The van der Waals surface area contributed by atoms with Crippen LogP contribution in [0.3, 0.4) is 0 Å². The molecule has 0 aliphatic heterocycles. The van der Waals surface area contributed by atoms with E-state index in [0.29, 0.717) is 6.42 Å². The normalized spacial score (nSPS) is 13.0. The van der Waals surface area contributed by atoms with E-state index >= 15 is 0 Å². The second-order valence-electron chi connectivity index (χ2n) is 4.52. The van der Waals surface area contributed by atoms with Gasteiger partial charge in [0.2, 0.25) is 0 Å². The largest absolute Gasteiger partial charge is 0.198 e. The number of hydrogen-bond donors (Lipinski definition) is 0. The Kier molecular flexibility index (Phi) is 10.8. The van der Waals surface area contributed by atoms with Crippen LogP contribution in [0.15, 0.2) is 0 Å². The lowest BCUT2D eigenvalue weighted by atomic mass is 10.0. The minimum Gasteiger partial charge on any atom is -0.198 e. The Hall–Kier alpha value is -0.510. The predicted molar refractivity (Wildman–Crippen MR) is 71.3 cm³/mol. The highest BCUT2D eigenvalue weighted by atomic mass is 14.2. The van der Waals surface area contributed by atoms with Crippen molar-refractivity contribution in [2.75, 3.05) is 0 Å². The smallest absolute Gasteiger partial charge is 0.0621 e. The van der Waals surface area contributed by atoms with Crippen molar-refractivity contribution in [3.05, 3.63) is 0 Å². The average molecular weight is 225 g/mol. The predicted octanol–water partition coefficient (Wildman–Crippen LogP) is 5.60. The first-order chi connectivity index (χ1) is 8.62. The molecule has 0 N–H and O–H groups in total. The first kappa shape index (κ1) is 12.0. The second kappa shape index (κ2) is 14.5. The molecule has 0 unspecified atom stereocenters. The van der Waals surface area contributed by atoms with E-state index in [1.165, 1.54) is 51.4 Å². The third-order valence-electron chi connectivity index (χ3n) is 2.91. The van der Waals surface area contributed by atoms with Gasteiger partial charge in [-0.2, -0.15) is 5.26 Å². The van der Waals surface area contributed by atoms with Gasteiger partial charge < -0.3 is 0 Å². The summed E-state index contributed by atoms with van der Waals surface area (Å²) in [5, 5.41) is 8.47. The zero-order valence-corrected chi connectivity index (χ0v) is 10.9. The van der Waals surface area contributed by atoms with Gasteiger partial charge in [0.25, 0.3) is 0 Å². The lowest BCUT2D eigenvalue weighted by Crippen LogP contribution is -1.82. The van der Waals surface area contributed by atoms with Crippen molar-refractivity contribution in [1.29, 1.82) is 5.26 Å². The molecule has 0 aromatic rings. The Morgan fingerprint density at radius 3 is 1.69 bits per heavy atom. The van der Waals surface area contributed by atoms with Crippen molar-refractivity contribution in [1.82, 2.24) is 0 Å². The lowest BCUT2D eigenvalue weighted by molar-refractivity contribution is 0.545. The van der Waals surface area contributed by atoms with Crippen LogP contribution in [0.1, 0.15) is 93.1 Å². The van der Waals surface area contributed by atoms with Gasteiger partial charge in [0.05, 0.1) is 6.07 Å². The van der Waals surface area contributed by atoms with Crippen molar-refractivity contribution in [3.63, 3.8) is 0 Å². The maximum atomic E-state index is 8.47. The molecule has 0 spiro atoms. The molecule has 0 aromatic carbocycles. The van der Waals surface area contributed by atoms with E-state index in [9.17, 15) is 0 Å². The first-order valence-corrected chi connectivity index (χ1v) is 6.99. The molecule has 0 aliphatic rings. The molecular formula is C15H29N. The van der Waals surface area contributed by atoms with Gasteiger partial charge in [-0.05, 0) is 6.37 Å². The Balaban J connectivity index is 3.19. The summed E-state index contributed by atoms with van der Waals surface area (Å²) in [6, 6.07) is 1.92. The second-order valence-corrected chi connectivity index (χ2v) is 4.52. The average Bonchev–Trinajstić information content (AvgIpc) is 2.31. The van der Waals surface area contributed by atoms with Crippen LogP contribution >= 0.6 is 0 Å². The zero-order valence-electron chi connectivity index (χ0n) is 12.9. The minimum absolute atomic E-state index is 0.0322. The Morgan fingerprint density at radius 1 is 0.812 bits per heavy atom. The summed E-state index contributed by atoms with van der Waals surface area (Å²) in [6.45, 7) is 2.24. The van der Waals surface area contributed by atoms with Crippen LogP contribution in [0.2, 0.25) is 0 Å². The molecule has 0 aliphatic carbocycles. The maximum absolute atomic E-state index is 8.47. The van der Waals surface area contributed by atoms with Gasteiger partial charge in [-0.25, -0.2) is 0 Å². The summed E-state index contributed by atoms with van der Waals surface area (Å²) in [7, 11) is 0. The van der Waals surface area contributed by atoms with E-state index in [-0.39, 0.29) is 6.42 Å². The third-order valence-corrected chi connectivity index (χ3v) is 2.91. The summed E-state index contributed by atoms with van der Waals surface area (Å²) in [5.74, 6) is 0. The van der Waals surface area contributed by atoms with Gasteiger partial charge in [-0.3, -0.25) is 0 Å². The van der Waals surface area contributed by atoms with Crippen LogP contribution in [-0.4, -0.2) is 0 Å². The molecule has 0 radical (unpaired) electrons. The van der Waals surface area contributed by atoms with Crippen molar-refractivity contribution >= 4 is 0 Å². The molecule has 1 nitrogen and oxygen atoms in total. The quantitative estimate of drug-likeness (QED) is 0.396. The third kappa shape index (κ3) is 13.5. The fourth-order valence-electron chi connectivity index (χ4n) is 1.88. The highest BCUT2D eigenvalue weighted by Crippen LogP contribution is 2.12. The Morgan fingerprint density at radius 2 is 1.25 bits per heavy atom. The van der Waals surface area contributed by atoms with E-state index in [2.05, 4.69) is 6.92 Å². The van der Waals surface area contributed by atoms with Gasteiger partial charge in [-0.15, -0.1) is 0 Å². The number of nitriles is 1. The topological polar surface area (TPSA) is 23.8 Å². The molecule has 94 valence electrons. The number of nitrogens with zero attached hydrogens (tertiary/aromatic N) is 1. The molecule has 0 bridgehead atoms. The van der Waals surface area contributed by atoms with Gasteiger partial charge in [0, 0.05) is 9.16 Å². The van der Waals surface area contributed by atoms with Crippen LogP contribution in [0.5, 0.6) is 0 Å². The standard InChI is InChI=1S/C15H29N/c1-2-3-4-5-6-7-8-9-10-11-12-13-14-15-16/h2-14H2,1H3/i13D2. The molecule has 0 amide bonds. The molecule has 0 saturated heterocycles. The van der Waals surface area contributed by atoms with Crippen molar-refractivity contribution < 1.29 is 2.74 Å². The molecule has 0 aromatic heterocycles. The van der Waals surface area contributed by atoms with Crippen molar-refractivity contribution in [2.45, 2.75) is 90.3 Å². The van der Waals surface area contributed by atoms with Crippen LogP contribution in [-0.2, 0) is 0 Å². The van der Waals surface area contributed by atoms with E-state index in [1.54, 1.807) is 0 Å². The summed E-state index contributed by atoms with van der Waals surface area (Å²) in [5.41, 5.74) is 0. The Bertz CT molecular complexity index is 221. The number of rotatable bonds is 12. The highest BCUT2D eigenvalue weighted by Gasteiger charge is 1.92. The van der Waals surface area contributed by atoms with Gasteiger partial charge in [-0.1, -0.05) is 77.6 Å². The zero-order chi connectivity index (χ0) is 13.7. The lowest BCUT2D eigenvalue weighted by Gasteiger charge is -2.01. The van der Waals surface area contributed by atoms with Crippen LogP contribution in [0.4, 0.5) is 0 Å². The first-order valence-electron chi connectivity index (χ1n) is 7.99. The molecule has 1 heteroatoms. The van der Waals surface area contributed by atoms with Crippen LogP contribution < -0.4 is 0 Å². The fraction of sp³-hybridized carbons (Fsp3) is 0.933. The van der Waals surface area contributed by atoms with Crippen LogP contribution in [0, 0.1) is 11.3 Å². The van der Waals surface area contributed by atoms with Crippen LogP contribution in [0.25, 0.3) is 0 Å². The monoisotopic (exact) mass is 225 g/mol. The number of hydrogen-bond acceptors (Lipinski definition) is 1. The molecule has 0 atom stereocenters.